The van der Waals surface area contributed by atoms with E-state index in [0.717, 1.165) is 21.9 Å². The zero-order valence-corrected chi connectivity index (χ0v) is 7.38. The predicted octanol–water partition coefficient (Wildman–Crippen LogP) is 2.18. The highest BCUT2D eigenvalue weighted by Gasteiger charge is 1.98. The molecule has 3 aromatic heterocycles. The van der Waals surface area contributed by atoms with Crippen molar-refractivity contribution < 1.29 is 0 Å². The first-order valence-electron chi connectivity index (χ1n) is 4.39. The van der Waals surface area contributed by atoms with Crippen LogP contribution >= 0.6 is 0 Å². The summed E-state index contributed by atoms with van der Waals surface area (Å²) in [5, 5.41) is 2.10. The third-order valence-electron chi connectivity index (χ3n) is 2.18. The monoisotopic (exact) mass is 181 g/mol. The van der Waals surface area contributed by atoms with Gasteiger partial charge in [-0.05, 0) is 24.3 Å². The van der Waals surface area contributed by atoms with Crippen LogP contribution in [0.5, 0.6) is 0 Å². The predicted molar refractivity (Wildman–Crippen MR) is 54.8 cm³/mol. The van der Waals surface area contributed by atoms with Gasteiger partial charge in [0, 0.05) is 29.4 Å². The van der Waals surface area contributed by atoms with E-state index in [2.05, 4.69) is 21.0 Å². The van der Waals surface area contributed by atoms with Crippen molar-refractivity contribution in [3.8, 4) is 0 Å². The van der Waals surface area contributed by atoms with Gasteiger partial charge in [0.05, 0.1) is 5.52 Å². The lowest BCUT2D eigenvalue weighted by Crippen LogP contribution is -1.85. The first kappa shape index (κ1) is 7.38. The Morgan fingerprint density at radius 1 is 1.00 bits per heavy atom. The van der Waals surface area contributed by atoms with E-state index in [0.29, 0.717) is 0 Å². The standard InChI is InChI=1S/C11H7N3/c1-2-8-6-9-7-12-5-3-10(9)14-11(8)13-4-1/h1-7H. The molecule has 0 saturated carbocycles. The Hall–Kier alpha value is -2.03. The van der Waals surface area contributed by atoms with Crippen LogP contribution in [-0.4, -0.2) is 15.0 Å². The van der Waals surface area contributed by atoms with Gasteiger partial charge < -0.3 is 0 Å². The molecule has 0 aliphatic rings. The maximum absolute atomic E-state index is 4.43. The number of pyridine rings is 3. The Labute approximate surface area is 80.5 Å². The van der Waals surface area contributed by atoms with Crippen molar-refractivity contribution in [2.45, 2.75) is 0 Å². The third kappa shape index (κ3) is 1.03. The molecule has 0 unspecified atom stereocenters. The van der Waals surface area contributed by atoms with Crippen LogP contribution in [0, 0.1) is 0 Å². The van der Waals surface area contributed by atoms with Crippen molar-refractivity contribution in [2.75, 3.05) is 0 Å². The minimum atomic E-state index is 0.784. The van der Waals surface area contributed by atoms with E-state index in [4.69, 9.17) is 0 Å². The molecule has 0 radical (unpaired) electrons. The van der Waals surface area contributed by atoms with Gasteiger partial charge >= 0.3 is 0 Å². The van der Waals surface area contributed by atoms with Crippen LogP contribution in [0.2, 0.25) is 0 Å². The number of rotatable bonds is 0. The minimum Gasteiger partial charge on any atom is -0.264 e. The Kier molecular flexibility index (Phi) is 1.44. The Morgan fingerprint density at radius 3 is 3.00 bits per heavy atom. The van der Waals surface area contributed by atoms with Crippen LogP contribution in [-0.2, 0) is 0 Å². The summed E-state index contributed by atoms with van der Waals surface area (Å²) >= 11 is 0. The van der Waals surface area contributed by atoms with E-state index < -0.39 is 0 Å². The van der Waals surface area contributed by atoms with Gasteiger partial charge in [0.25, 0.3) is 0 Å². The second-order valence-corrected chi connectivity index (χ2v) is 3.11. The molecule has 3 heteroatoms. The topological polar surface area (TPSA) is 38.7 Å². The van der Waals surface area contributed by atoms with Gasteiger partial charge in [-0.15, -0.1) is 0 Å². The van der Waals surface area contributed by atoms with Gasteiger partial charge in [-0.2, -0.15) is 0 Å². The van der Waals surface area contributed by atoms with Crippen molar-refractivity contribution in [2.24, 2.45) is 0 Å². The SMILES string of the molecule is c1cnc2nc3ccncc3cc2c1. The molecule has 3 rings (SSSR count). The van der Waals surface area contributed by atoms with Crippen molar-refractivity contribution in [1.29, 1.82) is 0 Å². The second kappa shape index (κ2) is 2.73. The number of aromatic nitrogens is 3. The van der Waals surface area contributed by atoms with Crippen LogP contribution in [0.3, 0.4) is 0 Å². The van der Waals surface area contributed by atoms with Gasteiger partial charge in [-0.3, -0.25) is 4.98 Å². The maximum Gasteiger partial charge on any atom is 0.159 e. The van der Waals surface area contributed by atoms with Gasteiger partial charge in [-0.25, -0.2) is 9.97 Å². The maximum atomic E-state index is 4.43. The second-order valence-electron chi connectivity index (χ2n) is 3.11. The molecule has 0 spiro atoms. The smallest absolute Gasteiger partial charge is 0.159 e. The van der Waals surface area contributed by atoms with Crippen molar-refractivity contribution in [1.82, 2.24) is 15.0 Å². The molecule has 0 amide bonds. The molecule has 3 heterocycles. The lowest BCUT2D eigenvalue weighted by molar-refractivity contribution is 1.30. The largest absolute Gasteiger partial charge is 0.264 e. The van der Waals surface area contributed by atoms with E-state index in [1.165, 1.54) is 0 Å². The summed E-state index contributed by atoms with van der Waals surface area (Å²) in [6, 6.07) is 7.86. The van der Waals surface area contributed by atoms with Gasteiger partial charge in [0.15, 0.2) is 5.65 Å². The van der Waals surface area contributed by atoms with Gasteiger partial charge in [0.2, 0.25) is 0 Å². The van der Waals surface area contributed by atoms with Crippen LogP contribution in [0.25, 0.3) is 21.9 Å². The first-order chi connectivity index (χ1) is 6.93. The van der Waals surface area contributed by atoms with E-state index in [1.54, 1.807) is 12.4 Å². The molecule has 0 saturated heterocycles. The molecule has 0 atom stereocenters. The summed E-state index contributed by atoms with van der Waals surface area (Å²) in [7, 11) is 0. The quantitative estimate of drug-likeness (QED) is 0.499. The molecule has 3 aromatic rings. The third-order valence-corrected chi connectivity index (χ3v) is 2.18. The molecule has 0 bridgehead atoms. The summed E-state index contributed by atoms with van der Waals surface area (Å²) in [6.45, 7) is 0. The summed E-state index contributed by atoms with van der Waals surface area (Å²) < 4.78 is 0. The number of hydrogen-bond acceptors (Lipinski definition) is 3. The van der Waals surface area contributed by atoms with Crippen LogP contribution in [0.15, 0.2) is 42.9 Å². The summed E-state index contributed by atoms with van der Waals surface area (Å²) in [4.78, 5) is 12.7. The molecule has 14 heavy (non-hydrogen) atoms. The Balaban J connectivity index is 2.52. The summed E-state index contributed by atoms with van der Waals surface area (Å²) in [5.74, 6) is 0. The van der Waals surface area contributed by atoms with Crippen molar-refractivity contribution in [3.63, 3.8) is 0 Å². The fourth-order valence-corrected chi connectivity index (χ4v) is 1.51. The molecule has 0 N–H and O–H groups in total. The highest BCUT2D eigenvalue weighted by atomic mass is 14.8. The van der Waals surface area contributed by atoms with Crippen molar-refractivity contribution >= 4 is 21.9 Å². The molecular formula is C11H7N3. The number of hydrogen-bond donors (Lipinski definition) is 0. The average molecular weight is 181 g/mol. The molecule has 0 aliphatic carbocycles. The average Bonchev–Trinajstić information content (AvgIpc) is 2.26. The van der Waals surface area contributed by atoms with Crippen LogP contribution < -0.4 is 0 Å². The van der Waals surface area contributed by atoms with Gasteiger partial charge in [-0.1, -0.05) is 0 Å². The lowest BCUT2D eigenvalue weighted by atomic mass is 10.2. The molecule has 66 valence electrons. The fourth-order valence-electron chi connectivity index (χ4n) is 1.51. The van der Waals surface area contributed by atoms with E-state index >= 15 is 0 Å². The molecule has 3 nitrogen and oxygen atoms in total. The Bertz CT molecular complexity index is 499. The van der Waals surface area contributed by atoms with Crippen molar-refractivity contribution in [3.05, 3.63) is 42.9 Å². The molecule has 0 aromatic carbocycles. The minimum absolute atomic E-state index is 0.784. The molecule has 0 aliphatic heterocycles. The van der Waals surface area contributed by atoms with Gasteiger partial charge in [0.1, 0.15) is 0 Å². The zero-order valence-electron chi connectivity index (χ0n) is 7.38. The normalized spacial score (nSPS) is 10.9. The highest BCUT2D eigenvalue weighted by molar-refractivity contribution is 5.90. The van der Waals surface area contributed by atoms with E-state index in [1.807, 2.05) is 24.4 Å². The lowest BCUT2D eigenvalue weighted by Gasteiger charge is -1.98. The fraction of sp³-hybridized carbons (Fsp3) is 0. The number of nitrogens with zero attached hydrogens (tertiary/aromatic N) is 3. The molecular weight excluding hydrogens is 174 g/mol. The van der Waals surface area contributed by atoms with Crippen LogP contribution in [0.4, 0.5) is 0 Å². The van der Waals surface area contributed by atoms with E-state index in [-0.39, 0.29) is 0 Å². The summed E-state index contributed by atoms with van der Waals surface area (Å²) in [5.41, 5.74) is 1.72. The first-order valence-corrected chi connectivity index (χ1v) is 4.39. The van der Waals surface area contributed by atoms with E-state index in [9.17, 15) is 0 Å². The van der Waals surface area contributed by atoms with Crippen LogP contribution in [0.1, 0.15) is 0 Å². The Morgan fingerprint density at radius 2 is 2.00 bits per heavy atom. The zero-order chi connectivity index (χ0) is 9.38. The number of fused-ring (bicyclic) bond motifs is 2. The summed E-state index contributed by atoms with van der Waals surface area (Å²) in [6.07, 6.45) is 5.31. The highest BCUT2D eigenvalue weighted by Crippen LogP contribution is 2.16. The molecule has 0 fully saturated rings.